The molecule has 4 rings (SSSR count). The van der Waals surface area contributed by atoms with Crippen molar-refractivity contribution in [3.8, 4) is 5.75 Å². The number of anilines is 3. The summed E-state index contributed by atoms with van der Waals surface area (Å²) in [6, 6.07) is 4.75. The van der Waals surface area contributed by atoms with E-state index in [1.807, 2.05) is 0 Å². The lowest BCUT2D eigenvalue weighted by Gasteiger charge is -2.29. The number of carbonyl (C=O) groups is 1. The van der Waals surface area contributed by atoms with Crippen LogP contribution in [-0.2, 0) is 6.42 Å². The summed E-state index contributed by atoms with van der Waals surface area (Å²) in [5.41, 5.74) is 0.555. The van der Waals surface area contributed by atoms with Gasteiger partial charge in [-0.15, -0.1) is 0 Å². The maximum Gasteiger partial charge on any atom is 0.396 e. The van der Waals surface area contributed by atoms with E-state index < -0.39 is 24.3 Å². The maximum absolute atomic E-state index is 13.0. The van der Waals surface area contributed by atoms with Gasteiger partial charge in [-0.1, -0.05) is 0 Å². The summed E-state index contributed by atoms with van der Waals surface area (Å²) in [6.45, 7) is 2.94. The van der Waals surface area contributed by atoms with E-state index in [0.29, 0.717) is 18.8 Å². The number of nitrogens with zero attached hydrogens (tertiary/aromatic N) is 3. The van der Waals surface area contributed by atoms with Gasteiger partial charge in [0.1, 0.15) is 17.9 Å². The van der Waals surface area contributed by atoms with Crippen molar-refractivity contribution in [2.45, 2.75) is 44.7 Å². The van der Waals surface area contributed by atoms with E-state index in [9.17, 15) is 23.1 Å². The first-order valence-corrected chi connectivity index (χ1v) is 10.5. The van der Waals surface area contributed by atoms with Crippen LogP contribution >= 0.6 is 0 Å². The summed E-state index contributed by atoms with van der Waals surface area (Å²) in [7, 11) is 0. The summed E-state index contributed by atoms with van der Waals surface area (Å²) in [6.07, 6.45) is -0.886. The van der Waals surface area contributed by atoms with E-state index in [0.717, 1.165) is 45.2 Å². The fourth-order valence-corrected chi connectivity index (χ4v) is 4.06. The summed E-state index contributed by atoms with van der Waals surface area (Å²) in [4.78, 5) is 20.6. The Kier molecular flexibility index (Phi) is 5.97. The third-order valence-electron chi connectivity index (χ3n) is 5.57. The van der Waals surface area contributed by atoms with Gasteiger partial charge in [0, 0.05) is 37.9 Å². The highest BCUT2D eigenvalue weighted by Crippen LogP contribution is 2.33. The van der Waals surface area contributed by atoms with Crippen LogP contribution in [0.4, 0.5) is 30.6 Å². The number of benzene rings is 1. The lowest BCUT2D eigenvalue weighted by molar-refractivity contribution is -0.130. The molecule has 0 unspecified atom stereocenters. The molecule has 2 aromatic rings. The maximum atomic E-state index is 13.0. The largest absolute Gasteiger partial charge is 0.506 e. The first-order chi connectivity index (χ1) is 14.8. The minimum atomic E-state index is -4.54. The summed E-state index contributed by atoms with van der Waals surface area (Å²) >= 11 is 0. The van der Waals surface area contributed by atoms with Gasteiger partial charge in [-0.25, -0.2) is 0 Å². The Hall–Kier alpha value is -2.91. The number of phenols is 1. The number of hydrogen-bond donors (Lipinski definition) is 2. The molecule has 2 aliphatic rings. The third kappa shape index (κ3) is 5.05. The van der Waals surface area contributed by atoms with Gasteiger partial charge in [-0.3, -0.25) is 4.79 Å². The van der Waals surface area contributed by atoms with E-state index in [1.54, 1.807) is 17.0 Å². The normalized spacial score (nSPS) is 17.3. The lowest BCUT2D eigenvalue weighted by Crippen LogP contribution is -2.29. The van der Waals surface area contributed by atoms with Gasteiger partial charge in [0.05, 0.1) is 5.69 Å². The number of alkyl halides is 3. The number of hydrogen-bond acceptors (Lipinski definition) is 6. The molecule has 0 bridgehead atoms. The first-order valence-electron chi connectivity index (χ1n) is 10.5. The molecular weight excluding hydrogens is 413 g/mol. The van der Waals surface area contributed by atoms with Crippen LogP contribution in [0.3, 0.4) is 0 Å². The van der Waals surface area contributed by atoms with Crippen molar-refractivity contribution in [3.05, 3.63) is 29.7 Å². The van der Waals surface area contributed by atoms with Crippen LogP contribution in [0.25, 0.3) is 0 Å². The molecule has 7 nitrogen and oxygen atoms in total. The Bertz CT molecular complexity index is 932. The smallest absolute Gasteiger partial charge is 0.396 e. The average Bonchev–Trinajstić information content (AvgIpc) is 3.37. The van der Waals surface area contributed by atoms with Crippen molar-refractivity contribution in [2.75, 3.05) is 41.3 Å². The molecule has 168 valence electrons. The topological polar surface area (TPSA) is 81.8 Å². The second-order valence-electron chi connectivity index (χ2n) is 7.96. The van der Waals surface area contributed by atoms with Crippen molar-refractivity contribution in [2.24, 2.45) is 0 Å². The number of piperidine rings is 1. The Balaban J connectivity index is 1.53. The van der Waals surface area contributed by atoms with E-state index in [2.05, 4.69) is 15.2 Å². The van der Waals surface area contributed by atoms with E-state index in [4.69, 9.17) is 4.42 Å². The first kappa shape index (κ1) is 21.3. The lowest BCUT2D eigenvalue weighted by atomic mass is 10.1. The van der Waals surface area contributed by atoms with Gasteiger partial charge in [-0.2, -0.15) is 18.2 Å². The number of oxazole rings is 1. The third-order valence-corrected chi connectivity index (χ3v) is 5.57. The summed E-state index contributed by atoms with van der Waals surface area (Å²) in [5, 5.41) is 12.9. The highest BCUT2D eigenvalue weighted by atomic mass is 19.4. The highest BCUT2D eigenvalue weighted by molar-refractivity contribution is 6.04. The number of carbonyl (C=O) groups excluding carboxylic acids is 1. The van der Waals surface area contributed by atoms with Crippen LogP contribution in [0.5, 0.6) is 5.75 Å². The number of rotatable bonds is 5. The quantitative estimate of drug-likeness (QED) is 0.723. The van der Waals surface area contributed by atoms with Gasteiger partial charge in [0.25, 0.3) is 11.9 Å². The monoisotopic (exact) mass is 438 g/mol. The fourth-order valence-electron chi connectivity index (χ4n) is 4.06. The molecule has 2 saturated heterocycles. The van der Waals surface area contributed by atoms with Crippen molar-refractivity contribution in [3.63, 3.8) is 0 Å². The van der Waals surface area contributed by atoms with Crippen molar-refractivity contribution < 1.29 is 27.5 Å². The predicted octanol–water partition coefficient (Wildman–Crippen LogP) is 4.33. The van der Waals surface area contributed by atoms with Crippen LogP contribution in [0.1, 0.15) is 48.4 Å². The average molecular weight is 438 g/mol. The zero-order chi connectivity index (χ0) is 22.0. The molecule has 1 amide bonds. The molecule has 1 aromatic carbocycles. The van der Waals surface area contributed by atoms with Crippen LogP contribution in [0.15, 0.2) is 22.6 Å². The second-order valence-corrected chi connectivity index (χ2v) is 7.96. The molecule has 10 heteroatoms. The van der Waals surface area contributed by atoms with Crippen molar-refractivity contribution >= 4 is 23.3 Å². The van der Waals surface area contributed by atoms with E-state index in [1.165, 1.54) is 6.07 Å². The molecule has 31 heavy (non-hydrogen) atoms. The van der Waals surface area contributed by atoms with Crippen molar-refractivity contribution in [1.29, 1.82) is 0 Å². The van der Waals surface area contributed by atoms with Crippen molar-refractivity contribution in [1.82, 2.24) is 4.98 Å². The highest BCUT2D eigenvalue weighted by Gasteiger charge is 2.35. The minimum Gasteiger partial charge on any atom is -0.506 e. The molecular formula is C21H25F3N4O3. The molecule has 1 aromatic heterocycles. The Morgan fingerprint density at radius 1 is 1.06 bits per heavy atom. The molecule has 0 radical (unpaired) electrons. The molecule has 0 atom stereocenters. The zero-order valence-electron chi connectivity index (χ0n) is 17.0. The molecule has 0 spiro atoms. The van der Waals surface area contributed by atoms with Crippen LogP contribution in [-0.4, -0.2) is 48.4 Å². The predicted molar refractivity (Wildman–Crippen MR) is 110 cm³/mol. The van der Waals surface area contributed by atoms with Crippen LogP contribution in [0, 0.1) is 0 Å². The number of phenolic OH excluding ortho intramolecular Hbond substituents is 1. The van der Waals surface area contributed by atoms with Gasteiger partial charge >= 0.3 is 6.18 Å². The molecule has 2 aliphatic heterocycles. The standard InChI is InChI=1S/C21H25F3N4O3/c22-21(23,24)13-17-18(26-20(31-17)28-10-4-5-11-28)19(30)25-14-6-7-15(16(29)12-14)27-8-2-1-3-9-27/h6-7,12,29H,1-5,8-11,13H2,(H,25,30). The minimum absolute atomic E-state index is 0.00752. The number of amides is 1. The Morgan fingerprint density at radius 3 is 2.35 bits per heavy atom. The number of halogens is 3. The van der Waals surface area contributed by atoms with Gasteiger partial charge in [0.2, 0.25) is 0 Å². The molecule has 2 N–H and O–H groups in total. The van der Waals surface area contributed by atoms with E-state index >= 15 is 0 Å². The van der Waals surface area contributed by atoms with Gasteiger partial charge < -0.3 is 24.6 Å². The molecule has 0 saturated carbocycles. The van der Waals surface area contributed by atoms with Gasteiger partial charge in [0.15, 0.2) is 5.69 Å². The summed E-state index contributed by atoms with van der Waals surface area (Å²) < 4.78 is 44.3. The molecule has 0 aliphatic carbocycles. The van der Waals surface area contributed by atoms with E-state index in [-0.39, 0.29) is 23.1 Å². The van der Waals surface area contributed by atoms with Gasteiger partial charge in [-0.05, 0) is 44.2 Å². The number of nitrogens with one attached hydrogen (secondary N) is 1. The summed E-state index contributed by atoms with van der Waals surface area (Å²) in [5.74, 6) is -1.31. The SMILES string of the molecule is O=C(Nc1ccc(N2CCCCC2)c(O)c1)c1nc(N2CCCC2)oc1CC(F)(F)F. The fraction of sp³-hybridized carbons (Fsp3) is 0.524. The molecule has 2 fully saturated rings. The van der Waals surface area contributed by atoms with Crippen LogP contribution in [0.2, 0.25) is 0 Å². The Morgan fingerprint density at radius 2 is 1.71 bits per heavy atom. The Labute approximate surface area is 177 Å². The van der Waals surface area contributed by atoms with Crippen LogP contribution < -0.4 is 15.1 Å². The molecule has 3 heterocycles. The number of aromatic nitrogens is 1. The number of aromatic hydroxyl groups is 1. The second kappa shape index (κ2) is 8.68. The zero-order valence-corrected chi connectivity index (χ0v) is 17.0.